The molecule has 2 heteroatoms. The predicted molar refractivity (Wildman–Crippen MR) is 36.3 cm³/mol. The molecule has 0 aliphatic carbocycles. The third kappa shape index (κ3) is 6.44. The van der Waals surface area contributed by atoms with Gasteiger partial charge < -0.3 is 4.79 Å². The average Bonchev–Trinajstić information content (AvgIpc) is 1.59. The van der Waals surface area contributed by atoms with Gasteiger partial charge in [-0.1, -0.05) is 25.3 Å². The standard InChI is InChI=1S/C4H9.C2H3O.Mg/c1-4(2)3;1-2-3;/h1-3H3;2H,1H2;. The monoisotopic (exact) mass is 124 g/mol. The molecule has 44 valence electrons. The number of rotatable bonds is 2. The summed E-state index contributed by atoms with van der Waals surface area (Å²) < 4.78 is 1.30. The first-order chi connectivity index (χ1) is 3.56. The Bertz CT molecular complexity index is 73.1. The molecule has 0 unspecified atom stereocenters. The molecule has 0 amide bonds. The van der Waals surface area contributed by atoms with Crippen LogP contribution in [0.4, 0.5) is 0 Å². The maximum absolute atomic E-state index is 9.89. The molecule has 0 saturated heterocycles. The SMILES string of the molecule is C[C](C)(C)[Mg][CH2]C=O. The lowest BCUT2D eigenvalue weighted by Gasteiger charge is -2.13. The van der Waals surface area contributed by atoms with Crippen molar-refractivity contribution in [3.63, 3.8) is 0 Å². The van der Waals surface area contributed by atoms with Crippen LogP contribution in [0.25, 0.3) is 0 Å². The first-order valence-electron chi connectivity index (χ1n) is 3.00. The second kappa shape index (κ2) is 3.46. The largest absolute Gasteiger partial charge is 0.383 e. The number of hydrogen-bond donors (Lipinski definition) is 0. The Morgan fingerprint density at radius 3 is 2.12 bits per heavy atom. The van der Waals surface area contributed by atoms with Gasteiger partial charge in [-0.05, 0) is 0 Å². The van der Waals surface area contributed by atoms with E-state index in [0.29, 0.717) is 3.54 Å². The smallest absolute Gasteiger partial charge is 0.306 e. The summed E-state index contributed by atoms with van der Waals surface area (Å²) in [5.41, 5.74) is 0. The molecule has 0 spiro atoms. The fraction of sp³-hybridized carbons (Fsp3) is 0.833. The van der Waals surface area contributed by atoms with E-state index in [1.54, 1.807) is 0 Å². The van der Waals surface area contributed by atoms with Crippen LogP contribution in [0.5, 0.6) is 0 Å². The molecule has 8 heavy (non-hydrogen) atoms. The highest BCUT2D eigenvalue weighted by Gasteiger charge is 2.12. The molecule has 0 saturated carbocycles. The average molecular weight is 124 g/mol. The molecular formula is C6H12MgO. The summed E-state index contributed by atoms with van der Waals surface area (Å²) in [6.45, 7) is 6.59. The molecule has 0 atom stereocenters. The van der Waals surface area contributed by atoms with Crippen molar-refractivity contribution in [1.29, 1.82) is 0 Å². The number of hydrogen-bond acceptors (Lipinski definition) is 1. The van der Waals surface area contributed by atoms with Crippen LogP contribution in [0.1, 0.15) is 20.8 Å². The molecule has 0 rings (SSSR count). The maximum atomic E-state index is 9.89. The summed E-state index contributed by atoms with van der Waals surface area (Å²) in [6.07, 6.45) is 1.04. The van der Waals surface area contributed by atoms with Crippen LogP contribution in [0.15, 0.2) is 0 Å². The van der Waals surface area contributed by atoms with Crippen LogP contribution < -0.4 is 0 Å². The van der Waals surface area contributed by atoms with Crippen molar-refractivity contribution in [1.82, 2.24) is 0 Å². The number of aldehydes is 1. The normalized spacial score (nSPS) is 10.4. The summed E-state index contributed by atoms with van der Waals surface area (Å²) in [6, 6.07) is 0. The minimum Gasteiger partial charge on any atom is -0.306 e. The fourth-order valence-corrected chi connectivity index (χ4v) is 1.48. The lowest BCUT2D eigenvalue weighted by molar-refractivity contribution is -0.106. The molecule has 0 aromatic heterocycles. The van der Waals surface area contributed by atoms with E-state index < -0.39 is 0 Å². The van der Waals surface area contributed by atoms with E-state index in [-0.39, 0.29) is 20.4 Å². The van der Waals surface area contributed by atoms with Crippen LogP contribution in [-0.2, 0) is 4.79 Å². The van der Waals surface area contributed by atoms with Gasteiger partial charge in [0.1, 0.15) is 0 Å². The third-order valence-corrected chi connectivity index (χ3v) is 3.04. The van der Waals surface area contributed by atoms with Crippen molar-refractivity contribution in [3.8, 4) is 0 Å². The summed E-state index contributed by atoms with van der Waals surface area (Å²) in [4.78, 5) is 9.89. The van der Waals surface area contributed by atoms with E-state index in [1.807, 2.05) is 0 Å². The summed E-state index contributed by atoms with van der Waals surface area (Å²) >= 11 is -0.118. The zero-order chi connectivity index (χ0) is 6.62. The van der Waals surface area contributed by atoms with Gasteiger partial charge in [-0.2, -0.15) is 0 Å². The topological polar surface area (TPSA) is 17.1 Å². The molecule has 0 fully saturated rings. The van der Waals surface area contributed by atoms with E-state index >= 15 is 0 Å². The van der Waals surface area contributed by atoms with Crippen LogP contribution in [0, 0.1) is 0 Å². The van der Waals surface area contributed by atoms with Crippen molar-refractivity contribution < 1.29 is 4.79 Å². The third-order valence-electron chi connectivity index (χ3n) is 1.01. The van der Waals surface area contributed by atoms with Crippen molar-refractivity contribution in [2.75, 3.05) is 0 Å². The number of carbonyl (C=O) groups excluding carboxylic acids is 1. The van der Waals surface area contributed by atoms with Gasteiger partial charge in [0.2, 0.25) is 0 Å². The first kappa shape index (κ1) is 8.44. The summed E-state index contributed by atoms with van der Waals surface area (Å²) in [5.74, 6) is 0. The maximum Gasteiger partial charge on any atom is 0.383 e. The van der Waals surface area contributed by atoms with Gasteiger partial charge in [0, 0.05) is 0 Å². The van der Waals surface area contributed by atoms with E-state index in [2.05, 4.69) is 20.8 Å². The Labute approximate surface area is 60.6 Å². The minimum absolute atomic E-state index is 0.118. The van der Waals surface area contributed by atoms with E-state index in [1.165, 1.54) is 0 Å². The molecule has 1 nitrogen and oxygen atoms in total. The fourth-order valence-electron chi connectivity index (χ4n) is 0.492. The number of carbonyl (C=O) groups is 1. The van der Waals surface area contributed by atoms with Crippen molar-refractivity contribution in [3.05, 3.63) is 0 Å². The molecule has 0 aliphatic rings. The van der Waals surface area contributed by atoms with Crippen LogP contribution in [0.2, 0.25) is 8.09 Å². The summed E-state index contributed by atoms with van der Waals surface area (Å²) in [7, 11) is 0. The van der Waals surface area contributed by atoms with Crippen LogP contribution in [0.3, 0.4) is 0 Å². The van der Waals surface area contributed by atoms with E-state index in [0.717, 1.165) is 10.8 Å². The molecule has 0 aromatic carbocycles. The second-order valence-electron chi connectivity index (χ2n) is 3.27. The van der Waals surface area contributed by atoms with Crippen molar-refractivity contribution >= 4 is 26.7 Å². The quantitative estimate of drug-likeness (QED) is 0.403. The minimum atomic E-state index is -0.118. The van der Waals surface area contributed by atoms with Gasteiger partial charge in [-0.15, -0.1) is 3.54 Å². The van der Waals surface area contributed by atoms with Gasteiger partial charge in [0.15, 0.2) is 0 Å². The lowest BCUT2D eigenvalue weighted by Crippen LogP contribution is -2.07. The first-order valence-corrected chi connectivity index (χ1v) is 4.70. The molecule has 0 aliphatic heterocycles. The van der Waals surface area contributed by atoms with Crippen LogP contribution >= 0.6 is 0 Å². The van der Waals surface area contributed by atoms with Crippen LogP contribution in [-0.4, -0.2) is 26.7 Å². The highest BCUT2D eigenvalue weighted by molar-refractivity contribution is 6.43. The molecule has 0 radical (unpaired) electrons. The van der Waals surface area contributed by atoms with Crippen molar-refractivity contribution in [2.24, 2.45) is 0 Å². The Kier molecular flexibility index (Phi) is 3.65. The molecule has 0 N–H and O–H groups in total. The zero-order valence-electron chi connectivity index (χ0n) is 5.90. The summed E-state index contributed by atoms with van der Waals surface area (Å²) in [5, 5.41) is 0. The highest BCUT2D eigenvalue weighted by atomic mass is 24.5. The Balaban J connectivity index is 3.24. The van der Waals surface area contributed by atoms with E-state index in [9.17, 15) is 4.79 Å². The second-order valence-corrected chi connectivity index (χ2v) is 6.46. The van der Waals surface area contributed by atoms with Gasteiger partial charge in [-0.3, -0.25) is 0 Å². The molecule has 0 heterocycles. The molecule has 0 aromatic rings. The Morgan fingerprint density at radius 1 is 1.50 bits per heavy atom. The highest BCUT2D eigenvalue weighted by Crippen LogP contribution is 2.20. The Morgan fingerprint density at radius 2 is 2.00 bits per heavy atom. The van der Waals surface area contributed by atoms with Gasteiger partial charge >= 0.3 is 20.4 Å². The lowest BCUT2D eigenvalue weighted by atomic mass is 10.2. The van der Waals surface area contributed by atoms with E-state index in [4.69, 9.17) is 0 Å². The Hall–Kier alpha value is 0.436. The molecular weight excluding hydrogens is 112 g/mol. The van der Waals surface area contributed by atoms with Gasteiger partial charge in [-0.25, -0.2) is 0 Å². The van der Waals surface area contributed by atoms with Gasteiger partial charge in [0.25, 0.3) is 0 Å². The molecule has 0 bridgehead atoms. The predicted octanol–water partition coefficient (Wildman–Crippen LogP) is 1.53. The van der Waals surface area contributed by atoms with Crippen molar-refractivity contribution in [2.45, 2.75) is 28.9 Å². The zero-order valence-corrected chi connectivity index (χ0v) is 7.31. The van der Waals surface area contributed by atoms with Gasteiger partial charge in [0.05, 0.1) is 6.29 Å².